The number of nitrogens with one attached hydrogen (secondary N) is 1. The molecule has 0 fully saturated rings. The van der Waals surface area contributed by atoms with E-state index in [-0.39, 0.29) is 11.5 Å². The molecule has 0 bridgehead atoms. The Morgan fingerprint density at radius 3 is 2.76 bits per heavy atom. The molecule has 6 nitrogen and oxygen atoms in total. The van der Waals surface area contributed by atoms with E-state index in [1.807, 2.05) is 6.07 Å². The molecule has 1 amide bonds. The molecule has 0 atom stereocenters. The van der Waals surface area contributed by atoms with Crippen molar-refractivity contribution < 1.29 is 9.53 Å². The number of hydrogen-bond acceptors (Lipinski definition) is 5. The zero-order chi connectivity index (χ0) is 13.1. The van der Waals surface area contributed by atoms with E-state index >= 15 is 0 Å². The highest BCUT2D eigenvalue weighted by molar-refractivity contribution is 9.10. The number of carbonyl (C=O) groups is 1. The lowest BCUT2D eigenvalue weighted by molar-refractivity contribution is 0.0635. The minimum atomic E-state index is -0.675. The van der Waals surface area contributed by atoms with E-state index in [0.717, 1.165) is 0 Å². The largest absolute Gasteiger partial charge is 0.444 e. The molecule has 1 heterocycles. The summed E-state index contributed by atoms with van der Waals surface area (Å²) in [5.41, 5.74) is -0.593. The number of carbonyl (C=O) groups excluding carboxylic acids is 1. The maximum absolute atomic E-state index is 11.5. The van der Waals surface area contributed by atoms with Gasteiger partial charge in [0.1, 0.15) is 16.3 Å². The van der Waals surface area contributed by atoms with Gasteiger partial charge in [-0.15, -0.1) is 0 Å². The van der Waals surface area contributed by atoms with E-state index in [1.54, 1.807) is 20.8 Å². The summed E-state index contributed by atoms with van der Waals surface area (Å²) in [6.45, 7) is 5.22. The Morgan fingerprint density at radius 1 is 1.59 bits per heavy atom. The topological polar surface area (TPSA) is 87.9 Å². The third-order valence-corrected chi connectivity index (χ3v) is 1.85. The first kappa shape index (κ1) is 13.4. The van der Waals surface area contributed by atoms with Gasteiger partial charge in [0, 0.05) is 0 Å². The molecule has 0 saturated heterocycles. The Balaban J connectivity index is 2.83. The molecule has 1 rings (SSSR count). The second kappa shape index (κ2) is 5.10. The van der Waals surface area contributed by atoms with Crippen LogP contribution in [0.3, 0.4) is 0 Å². The van der Waals surface area contributed by atoms with Gasteiger partial charge in [0.15, 0.2) is 11.5 Å². The van der Waals surface area contributed by atoms with E-state index in [9.17, 15) is 4.79 Å². The average Bonchev–Trinajstić information content (AvgIpc) is 2.17. The predicted octanol–water partition coefficient (Wildman–Crippen LogP) is 2.46. The molecule has 90 valence electrons. The molecule has 1 N–H and O–H groups in total. The summed E-state index contributed by atoms with van der Waals surface area (Å²) in [7, 11) is 0. The van der Waals surface area contributed by atoms with Crippen LogP contribution in [-0.2, 0) is 4.74 Å². The van der Waals surface area contributed by atoms with Crippen LogP contribution in [0.15, 0.2) is 10.8 Å². The fraction of sp³-hybridized carbons (Fsp3) is 0.400. The van der Waals surface area contributed by atoms with Gasteiger partial charge in [-0.2, -0.15) is 5.26 Å². The summed E-state index contributed by atoms with van der Waals surface area (Å²) in [4.78, 5) is 19.2. The number of aromatic nitrogens is 2. The molecular weight excluding hydrogens is 288 g/mol. The van der Waals surface area contributed by atoms with Crippen LogP contribution in [0.25, 0.3) is 0 Å². The minimum absolute atomic E-state index is 0.0187. The number of hydrogen-bond donors (Lipinski definition) is 1. The summed E-state index contributed by atoms with van der Waals surface area (Å²) in [6, 6.07) is 1.83. The highest BCUT2D eigenvalue weighted by Gasteiger charge is 2.18. The molecule has 0 radical (unpaired) electrons. The minimum Gasteiger partial charge on any atom is -0.444 e. The van der Waals surface area contributed by atoms with Crippen molar-refractivity contribution in [3.8, 4) is 6.07 Å². The van der Waals surface area contributed by atoms with Crippen molar-refractivity contribution in [1.82, 2.24) is 9.97 Å². The summed E-state index contributed by atoms with van der Waals surface area (Å²) >= 11 is 3.08. The summed E-state index contributed by atoms with van der Waals surface area (Å²) in [6.07, 6.45) is 0.707. The van der Waals surface area contributed by atoms with Crippen LogP contribution < -0.4 is 5.32 Å². The monoisotopic (exact) mass is 298 g/mol. The number of nitrogens with zero attached hydrogens (tertiary/aromatic N) is 3. The molecule has 1 aromatic heterocycles. The molecule has 0 aromatic carbocycles. The van der Waals surface area contributed by atoms with Crippen LogP contribution in [0.1, 0.15) is 26.5 Å². The molecule has 0 aliphatic heterocycles. The van der Waals surface area contributed by atoms with Gasteiger partial charge in [-0.05, 0) is 36.7 Å². The van der Waals surface area contributed by atoms with E-state index in [1.165, 1.54) is 6.20 Å². The summed E-state index contributed by atoms with van der Waals surface area (Å²) in [5, 5.41) is 11.2. The third-order valence-electron chi connectivity index (χ3n) is 1.47. The fourth-order valence-electron chi connectivity index (χ4n) is 0.937. The van der Waals surface area contributed by atoms with Gasteiger partial charge in [0.2, 0.25) is 0 Å². The Hall–Kier alpha value is -1.68. The SMILES string of the molecule is CC(C)(C)OC(=O)Nc1ncc(Br)nc1C#N. The lowest BCUT2D eigenvalue weighted by atomic mass is 10.2. The highest BCUT2D eigenvalue weighted by atomic mass is 79.9. The van der Waals surface area contributed by atoms with Gasteiger partial charge in [0.25, 0.3) is 0 Å². The van der Waals surface area contributed by atoms with Crippen LogP contribution in [0.4, 0.5) is 10.6 Å². The first-order valence-electron chi connectivity index (χ1n) is 4.74. The number of halogens is 1. The number of rotatable bonds is 1. The van der Waals surface area contributed by atoms with Crippen LogP contribution >= 0.6 is 15.9 Å². The number of amides is 1. The highest BCUT2D eigenvalue weighted by Crippen LogP contribution is 2.14. The molecular formula is C10H11BrN4O2. The zero-order valence-corrected chi connectivity index (χ0v) is 11.2. The maximum Gasteiger partial charge on any atom is 0.413 e. The van der Waals surface area contributed by atoms with Gasteiger partial charge < -0.3 is 4.74 Å². The van der Waals surface area contributed by atoms with Crippen LogP contribution in [-0.4, -0.2) is 21.7 Å². The van der Waals surface area contributed by atoms with Gasteiger partial charge in [-0.25, -0.2) is 14.8 Å². The first-order valence-corrected chi connectivity index (χ1v) is 5.54. The Bertz CT molecular complexity index is 476. The lowest BCUT2D eigenvalue weighted by Gasteiger charge is -2.19. The number of nitriles is 1. The zero-order valence-electron chi connectivity index (χ0n) is 9.61. The Morgan fingerprint density at radius 2 is 2.24 bits per heavy atom. The molecule has 0 aliphatic rings. The first-order chi connectivity index (χ1) is 7.81. The van der Waals surface area contributed by atoms with E-state index in [2.05, 4.69) is 31.2 Å². The van der Waals surface area contributed by atoms with Crippen LogP contribution in [0.2, 0.25) is 0 Å². The molecule has 17 heavy (non-hydrogen) atoms. The molecule has 1 aromatic rings. The normalized spacial score (nSPS) is 10.5. The second-order valence-corrected chi connectivity index (χ2v) is 4.94. The Kier molecular flexibility index (Phi) is 4.02. The van der Waals surface area contributed by atoms with Crippen molar-refractivity contribution >= 4 is 27.8 Å². The maximum atomic E-state index is 11.5. The number of ether oxygens (including phenoxy) is 1. The summed E-state index contributed by atoms with van der Waals surface area (Å²) < 4.78 is 5.45. The van der Waals surface area contributed by atoms with Crippen molar-refractivity contribution in [3.05, 3.63) is 16.5 Å². The van der Waals surface area contributed by atoms with Gasteiger partial charge >= 0.3 is 6.09 Å². The van der Waals surface area contributed by atoms with Crippen LogP contribution in [0.5, 0.6) is 0 Å². The van der Waals surface area contributed by atoms with Crippen molar-refractivity contribution in [1.29, 1.82) is 5.26 Å². The average molecular weight is 299 g/mol. The van der Waals surface area contributed by atoms with Crippen molar-refractivity contribution in [2.45, 2.75) is 26.4 Å². The second-order valence-electron chi connectivity index (χ2n) is 4.13. The van der Waals surface area contributed by atoms with Crippen LogP contribution in [0, 0.1) is 11.3 Å². The Labute approximate surface area is 107 Å². The van der Waals surface area contributed by atoms with Crippen molar-refractivity contribution in [2.75, 3.05) is 5.32 Å². The standard InChI is InChI=1S/C10H11BrN4O2/c1-10(2,3)17-9(16)15-8-6(4-12)14-7(11)5-13-8/h5H,1-3H3,(H,13,15,16). The lowest BCUT2D eigenvalue weighted by Crippen LogP contribution is -2.27. The molecule has 0 aliphatic carbocycles. The summed E-state index contributed by atoms with van der Waals surface area (Å²) in [5.74, 6) is 0.0740. The van der Waals surface area contributed by atoms with Gasteiger partial charge in [-0.3, -0.25) is 5.32 Å². The number of anilines is 1. The van der Waals surface area contributed by atoms with Gasteiger partial charge in [-0.1, -0.05) is 0 Å². The third kappa shape index (κ3) is 4.36. The van der Waals surface area contributed by atoms with E-state index in [4.69, 9.17) is 10.00 Å². The molecule has 7 heteroatoms. The quantitative estimate of drug-likeness (QED) is 0.860. The van der Waals surface area contributed by atoms with E-state index < -0.39 is 11.7 Å². The molecule has 0 spiro atoms. The molecule has 0 saturated carbocycles. The van der Waals surface area contributed by atoms with Crippen molar-refractivity contribution in [3.63, 3.8) is 0 Å². The van der Waals surface area contributed by atoms with E-state index in [0.29, 0.717) is 4.60 Å². The fourth-order valence-corrected chi connectivity index (χ4v) is 1.22. The van der Waals surface area contributed by atoms with Crippen molar-refractivity contribution in [2.24, 2.45) is 0 Å². The smallest absolute Gasteiger partial charge is 0.413 e. The predicted molar refractivity (Wildman–Crippen MR) is 64.3 cm³/mol. The molecule has 0 unspecified atom stereocenters. The van der Waals surface area contributed by atoms with Gasteiger partial charge in [0.05, 0.1) is 6.20 Å².